The summed E-state index contributed by atoms with van der Waals surface area (Å²) in [4.78, 5) is 4.35. The second-order valence-corrected chi connectivity index (χ2v) is 8.41. The molecule has 0 aliphatic heterocycles. The molecule has 0 aromatic heterocycles. The van der Waals surface area contributed by atoms with E-state index >= 15 is 0 Å². The Morgan fingerprint density at radius 1 is 1.18 bits per heavy atom. The van der Waals surface area contributed by atoms with E-state index in [1.807, 2.05) is 14.0 Å². The molecule has 0 bridgehead atoms. The molecular formula is C16H32IN3OS. The van der Waals surface area contributed by atoms with Gasteiger partial charge in [-0.05, 0) is 38.0 Å². The highest BCUT2D eigenvalue weighted by Crippen LogP contribution is 2.24. The van der Waals surface area contributed by atoms with Gasteiger partial charge in [-0.15, -0.1) is 24.0 Å². The van der Waals surface area contributed by atoms with Gasteiger partial charge in [-0.2, -0.15) is 0 Å². The maximum Gasteiger partial charge on any atom is 0.191 e. The van der Waals surface area contributed by atoms with E-state index in [1.54, 1.807) is 0 Å². The molecule has 0 saturated heterocycles. The van der Waals surface area contributed by atoms with E-state index < -0.39 is 10.8 Å². The molecule has 0 heterocycles. The Kier molecular flexibility index (Phi) is 9.95. The average molecular weight is 441 g/mol. The van der Waals surface area contributed by atoms with Crippen molar-refractivity contribution in [2.24, 2.45) is 10.9 Å². The number of guanidine groups is 1. The second kappa shape index (κ2) is 10.8. The van der Waals surface area contributed by atoms with Crippen LogP contribution in [0.1, 0.15) is 58.3 Å². The van der Waals surface area contributed by atoms with Gasteiger partial charge in [-0.3, -0.25) is 9.20 Å². The lowest BCUT2D eigenvalue weighted by Gasteiger charge is -2.30. The van der Waals surface area contributed by atoms with Crippen LogP contribution < -0.4 is 10.6 Å². The Bertz CT molecular complexity index is 372. The average Bonchev–Trinajstić information content (AvgIpc) is 3.04. The van der Waals surface area contributed by atoms with Gasteiger partial charge in [-0.1, -0.05) is 26.2 Å². The molecular weight excluding hydrogens is 409 g/mol. The molecule has 2 N–H and O–H groups in total. The monoisotopic (exact) mass is 441 g/mol. The highest BCUT2D eigenvalue weighted by molar-refractivity contribution is 14.0. The van der Waals surface area contributed by atoms with Crippen molar-refractivity contribution < 1.29 is 4.21 Å². The molecule has 2 rings (SSSR count). The summed E-state index contributed by atoms with van der Waals surface area (Å²) in [6, 6.07) is 0.425. The summed E-state index contributed by atoms with van der Waals surface area (Å²) in [5.41, 5.74) is 0. The fourth-order valence-electron chi connectivity index (χ4n) is 3.59. The van der Waals surface area contributed by atoms with Gasteiger partial charge in [0, 0.05) is 41.4 Å². The van der Waals surface area contributed by atoms with Crippen molar-refractivity contribution in [1.82, 2.24) is 10.6 Å². The van der Waals surface area contributed by atoms with Crippen LogP contribution in [0.4, 0.5) is 0 Å². The Labute approximate surface area is 155 Å². The summed E-state index contributed by atoms with van der Waals surface area (Å²) in [5.74, 6) is 2.52. The topological polar surface area (TPSA) is 53.5 Å². The molecule has 130 valence electrons. The number of hydrogen-bond donors (Lipinski definition) is 2. The lowest BCUT2D eigenvalue weighted by Crippen LogP contribution is -2.47. The van der Waals surface area contributed by atoms with Crippen LogP contribution in [0.5, 0.6) is 0 Å². The van der Waals surface area contributed by atoms with Gasteiger partial charge >= 0.3 is 0 Å². The molecule has 6 heteroatoms. The quantitative estimate of drug-likeness (QED) is 0.392. The van der Waals surface area contributed by atoms with Gasteiger partial charge in [0.1, 0.15) is 0 Å². The predicted octanol–water partition coefficient (Wildman–Crippen LogP) is 3.04. The highest BCUT2D eigenvalue weighted by Gasteiger charge is 2.26. The normalized spacial score (nSPS) is 28.0. The molecule has 0 radical (unpaired) electrons. The van der Waals surface area contributed by atoms with E-state index in [0.29, 0.717) is 11.3 Å². The molecule has 2 aliphatic carbocycles. The zero-order valence-corrected chi connectivity index (χ0v) is 17.1. The standard InChI is InChI=1S/C16H31N3OS.HI/c1-3-21(20)15-10-6-9-14(11-15)19-16(17-2)18-12-13-7-4-5-8-13;/h13-15H,3-12H2,1-2H3,(H2,17,18,19);1H. The van der Waals surface area contributed by atoms with E-state index in [1.165, 1.54) is 38.5 Å². The number of halogens is 1. The highest BCUT2D eigenvalue weighted by atomic mass is 127. The van der Waals surface area contributed by atoms with Gasteiger partial charge in [0.05, 0.1) is 0 Å². The first-order chi connectivity index (χ1) is 10.2. The van der Waals surface area contributed by atoms with Gasteiger partial charge in [-0.25, -0.2) is 0 Å². The number of hydrogen-bond acceptors (Lipinski definition) is 2. The Morgan fingerprint density at radius 3 is 2.55 bits per heavy atom. The number of aliphatic imine (C=N–C) groups is 1. The maximum absolute atomic E-state index is 12.0. The van der Waals surface area contributed by atoms with E-state index in [9.17, 15) is 4.21 Å². The van der Waals surface area contributed by atoms with Crippen molar-refractivity contribution in [2.75, 3.05) is 19.3 Å². The summed E-state index contributed by atoms with van der Waals surface area (Å²) >= 11 is 0. The number of rotatable bonds is 5. The maximum atomic E-state index is 12.0. The zero-order valence-electron chi connectivity index (χ0n) is 14.0. The molecule has 22 heavy (non-hydrogen) atoms. The molecule has 0 amide bonds. The van der Waals surface area contributed by atoms with Crippen LogP contribution in [0.15, 0.2) is 4.99 Å². The summed E-state index contributed by atoms with van der Waals surface area (Å²) in [6.07, 6.45) is 9.94. The SMILES string of the molecule is CCS(=O)C1CCCC(NC(=NC)NCC2CCCC2)C1.I. The molecule has 3 atom stereocenters. The van der Waals surface area contributed by atoms with Crippen LogP contribution in [0.2, 0.25) is 0 Å². The Hall–Kier alpha value is 0.150. The first-order valence-electron chi connectivity index (χ1n) is 8.57. The van der Waals surface area contributed by atoms with Gasteiger partial charge in [0.15, 0.2) is 5.96 Å². The Balaban J connectivity index is 0.00000242. The van der Waals surface area contributed by atoms with Crippen molar-refractivity contribution >= 4 is 40.7 Å². The van der Waals surface area contributed by atoms with Crippen molar-refractivity contribution in [3.05, 3.63) is 0 Å². The summed E-state index contributed by atoms with van der Waals surface area (Å²) in [5, 5.41) is 7.39. The first kappa shape index (κ1) is 20.2. The minimum atomic E-state index is -0.657. The third kappa shape index (κ3) is 6.34. The van der Waals surface area contributed by atoms with E-state index in [4.69, 9.17) is 0 Å². The van der Waals surface area contributed by atoms with Crippen LogP contribution in [-0.4, -0.2) is 40.8 Å². The smallest absolute Gasteiger partial charge is 0.191 e. The second-order valence-electron chi connectivity index (χ2n) is 6.40. The number of nitrogens with zero attached hydrogens (tertiary/aromatic N) is 1. The fourth-order valence-corrected chi connectivity index (χ4v) is 4.94. The molecule has 2 fully saturated rings. The predicted molar refractivity (Wildman–Crippen MR) is 107 cm³/mol. The van der Waals surface area contributed by atoms with Gasteiger partial charge in [0.25, 0.3) is 0 Å². The largest absolute Gasteiger partial charge is 0.356 e. The summed E-state index contributed by atoms with van der Waals surface area (Å²) < 4.78 is 12.0. The van der Waals surface area contributed by atoms with Crippen molar-refractivity contribution in [1.29, 1.82) is 0 Å². The lowest BCUT2D eigenvalue weighted by molar-refractivity contribution is 0.411. The van der Waals surface area contributed by atoms with Crippen LogP contribution in [0, 0.1) is 5.92 Å². The molecule has 4 nitrogen and oxygen atoms in total. The van der Waals surface area contributed by atoms with E-state index in [0.717, 1.165) is 37.0 Å². The number of nitrogens with one attached hydrogen (secondary N) is 2. The minimum absolute atomic E-state index is 0. The third-order valence-corrected chi connectivity index (χ3v) is 6.62. The van der Waals surface area contributed by atoms with Crippen LogP contribution >= 0.6 is 24.0 Å². The fraction of sp³-hybridized carbons (Fsp3) is 0.938. The van der Waals surface area contributed by atoms with E-state index in [-0.39, 0.29) is 24.0 Å². The van der Waals surface area contributed by atoms with Crippen LogP contribution in [0.3, 0.4) is 0 Å². The minimum Gasteiger partial charge on any atom is -0.356 e. The Morgan fingerprint density at radius 2 is 1.91 bits per heavy atom. The molecule has 2 aliphatic rings. The van der Waals surface area contributed by atoms with Crippen molar-refractivity contribution in [3.8, 4) is 0 Å². The van der Waals surface area contributed by atoms with Crippen LogP contribution in [-0.2, 0) is 10.8 Å². The molecule has 2 saturated carbocycles. The zero-order chi connectivity index (χ0) is 15.1. The molecule has 0 aromatic rings. The molecule has 0 aromatic carbocycles. The summed E-state index contributed by atoms with van der Waals surface area (Å²) in [7, 11) is 1.18. The van der Waals surface area contributed by atoms with Crippen LogP contribution in [0.25, 0.3) is 0 Å². The third-order valence-electron chi connectivity index (χ3n) is 4.88. The first-order valence-corrected chi connectivity index (χ1v) is 9.95. The van der Waals surface area contributed by atoms with Gasteiger partial charge in [0.2, 0.25) is 0 Å². The van der Waals surface area contributed by atoms with Crippen molar-refractivity contribution in [3.63, 3.8) is 0 Å². The van der Waals surface area contributed by atoms with Crippen molar-refractivity contribution in [2.45, 2.75) is 69.6 Å². The van der Waals surface area contributed by atoms with Gasteiger partial charge < -0.3 is 10.6 Å². The summed E-state index contributed by atoms with van der Waals surface area (Å²) in [6.45, 7) is 3.06. The molecule has 0 spiro atoms. The lowest BCUT2D eigenvalue weighted by atomic mass is 9.95. The molecule has 3 unspecified atom stereocenters. The van der Waals surface area contributed by atoms with E-state index in [2.05, 4.69) is 15.6 Å².